The Labute approximate surface area is 156 Å². The van der Waals surface area contributed by atoms with Crippen LogP contribution in [0.4, 0.5) is 9.18 Å². The van der Waals surface area contributed by atoms with E-state index in [4.69, 9.17) is 9.47 Å². The van der Waals surface area contributed by atoms with E-state index in [1.807, 2.05) is 36.6 Å². The third-order valence-electron chi connectivity index (χ3n) is 3.16. The number of aromatic nitrogens is 1. The standard InChI is InChI=1S/C19H23FN2O3S/c1-13-12-26-17(22-13)15-5-7-16(8-6-15)24-11-14(9-20)10-21-18(23)25-19(2,3)4/h5-9,12H,10-11H2,1-4H3,(H,21,23)/b14-9+. The lowest BCUT2D eigenvalue weighted by molar-refractivity contribution is 0.0531. The second kappa shape index (κ2) is 8.80. The van der Waals surface area contributed by atoms with Crippen LogP contribution < -0.4 is 10.1 Å². The minimum Gasteiger partial charge on any atom is -0.489 e. The number of halogens is 1. The molecule has 0 saturated carbocycles. The number of aryl methyl sites for hydroxylation is 1. The SMILES string of the molecule is Cc1csc(-c2ccc(OC/C(=C/F)CNC(=O)OC(C)(C)C)cc2)n1. The maximum Gasteiger partial charge on any atom is 0.407 e. The summed E-state index contributed by atoms with van der Waals surface area (Å²) in [5.41, 5.74) is 1.69. The van der Waals surface area contributed by atoms with E-state index in [-0.39, 0.29) is 13.2 Å². The van der Waals surface area contributed by atoms with Gasteiger partial charge in [0.2, 0.25) is 0 Å². The summed E-state index contributed by atoms with van der Waals surface area (Å²) in [6.07, 6.45) is -0.163. The van der Waals surface area contributed by atoms with Crippen molar-refractivity contribution in [2.75, 3.05) is 13.2 Å². The van der Waals surface area contributed by atoms with Crippen LogP contribution in [0.3, 0.4) is 0 Å². The summed E-state index contributed by atoms with van der Waals surface area (Å²) in [6.45, 7) is 7.28. The summed E-state index contributed by atoms with van der Waals surface area (Å²) in [5.74, 6) is 0.610. The van der Waals surface area contributed by atoms with Gasteiger partial charge in [-0.25, -0.2) is 14.2 Å². The van der Waals surface area contributed by atoms with Gasteiger partial charge in [-0.15, -0.1) is 11.3 Å². The second-order valence-corrected chi connectivity index (χ2v) is 7.59. The Hall–Kier alpha value is -2.41. The molecule has 0 saturated heterocycles. The molecule has 2 rings (SSSR count). The summed E-state index contributed by atoms with van der Waals surface area (Å²) < 4.78 is 23.7. The Morgan fingerprint density at radius 3 is 2.54 bits per heavy atom. The number of carbonyl (C=O) groups excluding carboxylic acids is 1. The molecular weight excluding hydrogens is 355 g/mol. The zero-order chi connectivity index (χ0) is 19.2. The van der Waals surface area contributed by atoms with Crippen LogP contribution in [0.25, 0.3) is 10.6 Å². The van der Waals surface area contributed by atoms with Gasteiger partial charge in [-0.3, -0.25) is 0 Å². The maximum atomic E-state index is 13.0. The average Bonchev–Trinajstić information content (AvgIpc) is 3.00. The first kappa shape index (κ1) is 19.9. The largest absolute Gasteiger partial charge is 0.489 e. The lowest BCUT2D eigenvalue weighted by atomic mass is 10.2. The molecule has 0 spiro atoms. The minimum atomic E-state index is -0.599. The Kier molecular flexibility index (Phi) is 6.74. The van der Waals surface area contributed by atoms with Gasteiger partial charge in [0.05, 0.1) is 6.33 Å². The van der Waals surface area contributed by atoms with Crippen LogP contribution in [-0.2, 0) is 4.74 Å². The highest BCUT2D eigenvalue weighted by atomic mass is 32.1. The summed E-state index contributed by atoms with van der Waals surface area (Å²) in [4.78, 5) is 16.0. The van der Waals surface area contributed by atoms with E-state index >= 15 is 0 Å². The Morgan fingerprint density at radius 2 is 2.00 bits per heavy atom. The fourth-order valence-electron chi connectivity index (χ4n) is 1.98. The molecule has 0 aliphatic heterocycles. The lowest BCUT2D eigenvalue weighted by Gasteiger charge is -2.20. The maximum absolute atomic E-state index is 13.0. The molecule has 0 fully saturated rings. The van der Waals surface area contributed by atoms with Crippen LogP contribution >= 0.6 is 11.3 Å². The van der Waals surface area contributed by atoms with Gasteiger partial charge in [-0.2, -0.15) is 0 Å². The number of nitrogens with one attached hydrogen (secondary N) is 1. The Morgan fingerprint density at radius 1 is 1.31 bits per heavy atom. The molecule has 0 atom stereocenters. The van der Waals surface area contributed by atoms with E-state index in [1.165, 1.54) is 0 Å². The fraction of sp³-hybridized carbons (Fsp3) is 0.368. The molecule has 2 aromatic rings. The highest BCUT2D eigenvalue weighted by Gasteiger charge is 2.16. The molecular formula is C19H23FN2O3S. The zero-order valence-electron chi connectivity index (χ0n) is 15.3. The van der Waals surface area contributed by atoms with Crippen molar-refractivity contribution in [1.29, 1.82) is 0 Å². The summed E-state index contributed by atoms with van der Waals surface area (Å²) in [7, 11) is 0. The van der Waals surface area contributed by atoms with E-state index in [2.05, 4.69) is 10.3 Å². The van der Waals surface area contributed by atoms with Gasteiger partial charge >= 0.3 is 6.09 Å². The van der Waals surface area contributed by atoms with Crippen LogP contribution in [-0.4, -0.2) is 29.8 Å². The molecule has 1 N–H and O–H groups in total. The number of benzene rings is 1. The molecule has 0 aliphatic rings. The summed E-state index contributed by atoms with van der Waals surface area (Å²) >= 11 is 1.58. The van der Waals surface area contributed by atoms with Crippen LogP contribution in [0.5, 0.6) is 5.75 Å². The summed E-state index contributed by atoms with van der Waals surface area (Å²) in [6, 6.07) is 7.43. The smallest absolute Gasteiger partial charge is 0.407 e. The van der Waals surface area contributed by atoms with Gasteiger partial charge < -0.3 is 14.8 Å². The normalized spacial score (nSPS) is 12.0. The summed E-state index contributed by atoms with van der Waals surface area (Å²) in [5, 5.41) is 5.44. The van der Waals surface area contributed by atoms with E-state index in [9.17, 15) is 9.18 Å². The number of hydrogen-bond donors (Lipinski definition) is 1. The van der Waals surface area contributed by atoms with Crippen molar-refractivity contribution in [3.05, 3.63) is 47.2 Å². The van der Waals surface area contributed by atoms with E-state index in [0.717, 1.165) is 16.3 Å². The zero-order valence-corrected chi connectivity index (χ0v) is 16.2. The Bertz CT molecular complexity index is 764. The predicted octanol–water partition coefficient (Wildman–Crippen LogP) is 4.88. The highest BCUT2D eigenvalue weighted by Crippen LogP contribution is 2.25. The van der Waals surface area contributed by atoms with Crippen molar-refractivity contribution in [1.82, 2.24) is 10.3 Å². The quantitative estimate of drug-likeness (QED) is 0.779. The van der Waals surface area contributed by atoms with Crippen molar-refractivity contribution in [2.45, 2.75) is 33.3 Å². The van der Waals surface area contributed by atoms with Crippen LogP contribution in [0.1, 0.15) is 26.5 Å². The Balaban J connectivity index is 1.83. The van der Waals surface area contributed by atoms with Gasteiger partial charge in [0.1, 0.15) is 23.0 Å². The number of thiazole rings is 1. The molecule has 140 valence electrons. The predicted molar refractivity (Wildman–Crippen MR) is 101 cm³/mol. The van der Waals surface area contributed by atoms with E-state index in [0.29, 0.717) is 17.7 Å². The molecule has 0 bridgehead atoms. The van der Waals surface area contributed by atoms with Crippen LogP contribution in [0.2, 0.25) is 0 Å². The van der Waals surface area contributed by atoms with Crippen molar-refractivity contribution in [3.8, 4) is 16.3 Å². The molecule has 0 aliphatic carbocycles. The monoisotopic (exact) mass is 378 g/mol. The molecule has 5 nitrogen and oxygen atoms in total. The third-order valence-corrected chi connectivity index (χ3v) is 4.17. The van der Waals surface area contributed by atoms with Crippen molar-refractivity contribution < 1.29 is 18.7 Å². The molecule has 7 heteroatoms. The fourth-order valence-corrected chi connectivity index (χ4v) is 2.78. The molecule has 1 amide bonds. The van der Waals surface area contributed by atoms with Gasteiger partial charge in [-0.1, -0.05) is 0 Å². The van der Waals surface area contributed by atoms with Crippen molar-refractivity contribution in [3.63, 3.8) is 0 Å². The molecule has 1 heterocycles. The van der Waals surface area contributed by atoms with Gasteiger partial charge in [0, 0.05) is 28.8 Å². The third kappa shape index (κ3) is 6.48. The number of amides is 1. The molecule has 26 heavy (non-hydrogen) atoms. The average molecular weight is 378 g/mol. The number of carbonyl (C=O) groups is 1. The topological polar surface area (TPSA) is 60.5 Å². The number of rotatable bonds is 6. The van der Waals surface area contributed by atoms with Gasteiger partial charge in [0.25, 0.3) is 0 Å². The highest BCUT2D eigenvalue weighted by molar-refractivity contribution is 7.13. The van der Waals surface area contributed by atoms with Gasteiger partial charge in [-0.05, 0) is 52.0 Å². The van der Waals surface area contributed by atoms with E-state index in [1.54, 1.807) is 32.1 Å². The van der Waals surface area contributed by atoms with Crippen LogP contribution in [0, 0.1) is 6.92 Å². The first-order valence-corrected chi connectivity index (χ1v) is 9.05. The molecule has 1 aromatic heterocycles. The number of ether oxygens (including phenoxy) is 2. The number of hydrogen-bond acceptors (Lipinski definition) is 5. The lowest BCUT2D eigenvalue weighted by Crippen LogP contribution is -2.34. The van der Waals surface area contributed by atoms with Crippen molar-refractivity contribution in [2.24, 2.45) is 0 Å². The van der Waals surface area contributed by atoms with Crippen LogP contribution in [0.15, 0.2) is 41.5 Å². The molecule has 0 radical (unpaired) electrons. The first-order chi connectivity index (χ1) is 12.3. The van der Waals surface area contributed by atoms with E-state index < -0.39 is 11.7 Å². The number of alkyl carbamates (subject to hydrolysis) is 1. The minimum absolute atomic E-state index is 0.0158. The number of nitrogens with zero attached hydrogens (tertiary/aromatic N) is 1. The van der Waals surface area contributed by atoms with Gasteiger partial charge in [0.15, 0.2) is 0 Å². The van der Waals surface area contributed by atoms with Crippen molar-refractivity contribution >= 4 is 17.4 Å². The first-order valence-electron chi connectivity index (χ1n) is 8.17. The molecule has 1 aromatic carbocycles. The molecule has 0 unspecified atom stereocenters. The second-order valence-electron chi connectivity index (χ2n) is 6.73.